The number of rotatable bonds is 5. The zero-order chi connectivity index (χ0) is 15.8. The zero-order valence-corrected chi connectivity index (χ0v) is 12.5. The Bertz CT molecular complexity index is 500. The molecular weight excluding hydrogens is 292 g/mol. The first-order valence-electron chi connectivity index (χ1n) is 6.48. The molecule has 1 atom stereocenters. The third kappa shape index (κ3) is 5.20. The van der Waals surface area contributed by atoms with Crippen LogP contribution in [0.1, 0.15) is 34.1 Å². The number of carboxylic acids is 1. The third-order valence-corrected chi connectivity index (χ3v) is 3.67. The molecule has 0 saturated heterocycles. The summed E-state index contributed by atoms with van der Waals surface area (Å²) in [6.07, 6.45) is 0.563. The van der Waals surface area contributed by atoms with Crippen LogP contribution in [0, 0.1) is 0 Å². The highest BCUT2D eigenvalue weighted by Gasteiger charge is 2.25. The molecule has 2 amide bonds. The predicted octanol–water partition coefficient (Wildman–Crippen LogP) is 1.11. The van der Waals surface area contributed by atoms with E-state index in [1.54, 1.807) is 36.0 Å². The average Bonchev–Trinajstić information content (AvgIpc) is 2.75. The molecular formula is C14H18N2O4S. The Morgan fingerprint density at radius 2 is 1.81 bits per heavy atom. The summed E-state index contributed by atoms with van der Waals surface area (Å²) >= 11 is 1.71. The van der Waals surface area contributed by atoms with E-state index in [0.717, 1.165) is 11.5 Å². The summed E-state index contributed by atoms with van der Waals surface area (Å²) in [5.74, 6) is 0.351. The Morgan fingerprint density at radius 1 is 1.29 bits per heavy atom. The van der Waals surface area contributed by atoms with Gasteiger partial charge in [0.25, 0.3) is 11.8 Å². The highest BCUT2D eigenvalue weighted by atomic mass is 32.2. The molecule has 1 aromatic rings. The Hall–Kier alpha value is -1.86. The lowest BCUT2D eigenvalue weighted by atomic mass is 10.1. The van der Waals surface area contributed by atoms with Crippen LogP contribution in [0.5, 0.6) is 0 Å². The molecule has 1 aliphatic heterocycles. The van der Waals surface area contributed by atoms with Crippen molar-refractivity contribution in [1.29, 1.82) is 0 Å². The minimum absolute atomic E-state index is 0.300. The first-order valence-corrected chi connectivity index (χ1v) is 7.63. The average molecular weight is 310 g/mol. The predicted molar refractivity (Wildman–Crippen MR) is 81.5 cm³/mol. The Morgan fingerprint density at radius 3 is 2.24 bits per heavy atom. The van der Waals surface area contributed by atoms with Crippen molar-refractivity contribution >= 4 is 29.5 Å². The van der Waals surface area contributed by atoms with Crippen molar-refractivity contribution in [2.24, 2.45) is 5.73 Å². The first-order chi connectivity index (χ1) is 9.97. The first kappa shape index (κ1) is 17.2. The molecule has 1 aliphatic rings. The Kier molecular flexibility index (Phi) is 6.90. The molecule has 114 valence electrons. The second kappa shape index (κ2) is 8.43. The second-order valence-corrected chi connectivity index (χ2v) is 5.65. The molecule has 0 unspecified atom stereocenters. The lowest BCUT2D eigenvalue weighted by Crippen LogP contribution is -2.30. The molecule has 4 N–H and O–H groups in total. The van der Waals surface area contributed by atoms with Gasteiger partial charge in [0, 0.05) is 0 Å². The minimum Gasteiger partial charge on any atom is -0.480 e. The van der Waals surface area contributed by atoms with Gasteiger partial charge in [-0.2, -0.15) is 11.8 Å². The number of carbonyl (C=O) groups is 3. The van der Waals surface area contributed by atoms with E-state index in [4.69, 9.17) is 10.8 Å². The quantitative estimate of drug-likeness (QED) is 0.555. The lowest BCUT2D eigenvalue weighted by molar-refractivity contribution is -0.138. The van der Waals surface area contributed by atoms with Gasteiger partial charge in [-0.05, 0) is 30.1 Å². The van der Waals surface area contributed by atoms with Crippen LogP contribution in [-0.2, 0) is 4.79 Å². The summed E-state index contributed by atoms with van der Waals surface area (Å²) in [4.78, 5) is 32.0. The molecule has 21 heavy (non-hydrogen) atoms. The fourth-order valence-corrected chi connectivity index (χ4v) is 2.30. The standard InChI is InChI=1S/C8H5NO2.C6H13NO2S/c10-7-5-3-1-2-4-6(5)8(11)9-7;1-2-10-4-3-5(7)6(8)9/h1-4H,(H,9,10,11);5H,2-4,7H2,1H3,(H,8,9)/t;5-/m.0/s1. The van der Waals surface area contributed by atoms with Crippen molar-refractivity contribution in [2.45, 2.75) is 19.4 Å². The van der Waals surface area contributed by atoms with E-state index in [-0.39, 0.29) is 11.8 Å². The molecule has 1 aromatic carbocycles. The maximum Gasteiger partial charge on any atom is 0.320 e. The van der Waals surface area contributed by atoms with Crippen molar-refractivity contribution in [3.05, 3.63) is 35.4 Å². The monoisotopic (exact) mass is 310 g/mol. The summed E-state index contributed by atoms with van der Waals surface area (Å²) in [6.45, 7) is 2.04. The van der Waals surface area contributed by atoms with Crippen LogP contribution in [0.15, 0.2) is 24.3 Å². The molecule has 0 fully saturated rings. The molecule has 0 spiro atoms. The Labute approximate surface area is 127 Å². The van der Waals surface area contributed by atoms with Crippen LogP contribution < -0.4 is 11.1 Å². The largest absolute Gasteiger partial charge is 0.480 e. The van der Waals surface area contributed by atoms with Crippen LogP contribution in [-0.4, -0.2) is 40.4 Å². The third-order valence-electron chi connectivity index (χ3n) is 2.74. The normalized spacial score (nSPS) is 13.8. The van der Waals surface area contributed by atoms with Gasteiger partial charge in [0.2, 0.25) is 0 Å². The van der Waals surface area contributed by atoms with E-state index in [0.29, 0.717) is 17.5 Å². The van der Waals surface area contributed by atoms with E-state index in [1.807, 2.05) is 6.92 Å². The molecule has 0 bridgehead atoms. The number of carbonyl (C=O) groups excluding carboxylic acids is 2. The van der Waals surface area contributed by atoms with Gasteiger partial charge in [0.15, 0.2) is 0 Å². The van der Waals surface area contributed by atoms with E-state index in [1.165, 1.54) is 0 Å². The maximum absolute atomic E-state index is 10.9. The van der Waals surface area contributed by atoms with Crippen LogP contribution in [0.25, 0.3) is 0 Å². The van der Waals surface area contributed by atoms with Crippen molar-refractivity contribution in [2.75, 3.05) is 11.5 Å². The number of hydrogen-bond acceptors (Lipinski definition) is 5. The van der Waals surface area contributed by atoms with Gasteiger partial charge in [-0.1, -0.05) is 19.1 Å². The number of amides is 2. The summed E-state index contributed by atoms with van der Waals surface area (Å²) in [7, 11) is 0. The summed E-state index contributed by atoms with van der Waals surface area (Å²) < 4.78 is 0. The van der Waals surface area contributed by atoms with Crippen molar-refractivity contribution in [1.82, 2.24) is 5.32 Å². The van der Waals surface area contributed by atoms with Crippen molar-refractivity contribution in [3.63, 3.8) is 0 Å². The molecule has 6 nitrogen and oxygen atoms in total. The topological polar surface area (TPSA) is 109 Å². The van der Waals surface area contributed by atoms with Gasteiger partial charge < -0.3 is 10.8 Å². The summed E-state index contributed by atoms with van der Waals surface area (Å²) in [5.41, 5.74) is 6.18. The number of carboxylic acid groups (broad SMARTS) is 1. The van der Waals surface area contributed by atoms with Gasteiger partial charge in [-0.3, -0.25) is 19.7 Å². The van der Waals surface area contributed by atoms with Gasteiger partial charge in [-0.25, -0.2) is 0 Å². The number of imide groups is 1. The van der Waals surface area contributed by atoms with Crippen LogP contribution in [0.3, 0.4) is 0 Å². The second-order valence-electron chi connectivity index (χ2n) is 4.26. The van der Waals surface area contributed by atoms with Crippen molar-refractivity contribution < 1.29 is 19.5 Å². The fourth-order valence-electron chi connectivity index (χ4n) is 1.60. The minimum atomic E-state index is -0.906. The Balaban J connectivity index is 0.000000212. The van der Waals surface area contributed by atoms with E-state index < -0.39 is 12.0 Å². The van der Waals surface area contributed by atoms with Gasteiger partial charge >= 0.3 is 5.97 Å². The molecule has 7 heteroatoms. The van der Waals surface area contributed by atoms with E-state index >= 15 is 0 Å². The summed E-state index contributed by atoms with van der Waals surface area (Å²) in [5, 5.41) is 10.6. The highest BCUT2D eigenvalue weighted by molar-refractivity contribution is 7.99. The van der Waals surface area contributed by atoms with E-state index in [9.17, 15) is 14.4 Å². The van der Waals surface area contributed by atoms with Gasteiger partial charge in [-0.15, -0.1) is 0 Å². The molecule has 1 heterocycles. The maximum atomic E-state index is 10.9. The molecule has 2 rings (SSSR count). The molecule has 0 saturated carbocycles. The zero-order valence-electron chi connectivity index (χ0n) is 11.7. The number of thioether (sulfide) groups is 1. The number of fused-ring (bicyclic) bond motifs is 1. The smallest absolute Gasteiger partial charge is 0.320 e. The van der Waals surface area contributed by atoms with Crippen LogP contribution >= 0.6 is 11.8 Å². The number of aliphatic carboxylic acids is 1. The molecule has 0 aromatic heterocycles. The highest BCUT2D eigenvalue weighted by Crippen LogP contribution is 2.13. The van der Waals surface area contributed by atoms with Gasteiger partial charge in [0.05, 0.1) is 11.1 Å². The lowest BCUT2D eigenvalue weighted by Gasteiger charge is -2.03. The summed E-state index contributed by atoms with van der Waals surface area (Å²) in [6, 6.07) is 6.05. The molecule has 0 radical (unpaired) electrons. The molecule has 0 aliphatic carbocycles. The van der Waals surface area contributed by atoms with Crippen LogP contribution in [0.2, 0.25) is 0 Å². The van der Waals surface area contributed by atoms with Crippen LogP contribution in [0.4, 0.5) is 0 Å². The number of hydrogen-bond donors (Lipinski definition) is 3. The number of benzene rings is 1. The number of nitrogens with one attached hydrogen (secondary N) is 1. The van der Waals surface area contributed by atoms with Crippen molar-refractivity contribution in [3.8, 4) is 0 Å². The van der Waals surface area contributed by atoms with E-state index in [2.05, 4.69) is 5.32 Å². The van der Waals surface area contributed by atoms with Gasteiger partial charge in [0.1, 0.15) is 6.04 Å². The SMILES string of the molecule is CCSCC[C@H](N)C(=O)O.O=C1NC(=O)c2ccccc21. The number of nitrogens with two attached hydrogens (primary N) is 1. The fraction of sp³-hybridized carbons (Fsp3) is 0.357.